The standard InChI is InChI=1S/C18H19FN2O2S/c1-11-4-5-12(2)17(8-11)24-10-18(23)21-16-9-14(20-13(3)22)6-7-15(16)19/h4-9H,10H2,1-3H3,(H,20,22)(H,21,23). The van der Waals surface area contributed by atoms with Gasteiger partial charge in [0.2, 0.25) is 11.8 Å². The van der Waals surface area contributed by atoms with Crippen LogP contribution in [0.5, 0.6) is 0 Å². The molecule has 0 bridgehead atoms. The van der Waals surface area contributed by atoms with Crippen LogP contribution in [-0.4, -0.2) is 17.6 Å². The number of benzene rings is 2. The molecule has 0 spiro atoms. The van der Waals surface area contributed by atoms with Gasteiger partial charge in [0.25, 0.3) is 0 Å². The number of rotatable bonds is 5. The van der Waals surface area contributed by atoms with Crippen LogP contribution in [0.3, 0.4) is 0 Å². The summed E-state index contributed by atoms with van der Waals surface area (Å²) in [6.45, 7) is 5.34. The number of anilines is 2. The van der Waals surface area contributed by atoms with Gasteiger partial charge in [0.05, 0.1) is 11.4 Å². The molecular formula is C18H19FN2O2S. The Hall–Kier alpha value is -2.34. The van der Waals surface area contributed by atoms with Gasteiger partial charge in [-0.1, -0.05) is 17.7 Å². The van der Waals surface area contributed by atoms with Crippen molar-refractivity contribution in [2.24, 2.45) is 0 Å². The third-order valence-corrected chi connectivity index (χ3v) is 4.42. The van der Waals surface area contributed by atoms with E-state index in [-0.39, 0.29) is 23.3 Å². The average molecular weight is 346 g/mol. The molecule has 24 heavy (non-hydrogen) atoms. The zero-order chi connectivity index (χ0) is 17.7. The summed E-state index contributed by atoms with van der Waals surface area (Å²) in [5, 5.41) is 5.10. The maximum absolute atomic E-state index is 13.8. The number of thioether (sulfide) groups is 1. The average Bonchev–Trinajstić information content (AvgIpc) is 2.51. The van der Waals surface area contributed by atoms with Gasteiger partial charge in [0.1, 0.15) is 5.82 Å². The number of carbonyl (C=O) groups excluding carboxylic acids is 2. The van der Waals surface area contributed by atoms with Gasteiger partial charge < -0.3 is 10.6 Å². The highest BCUT2D eigenvalue weighted by atomic mass is 32.2. The summed E-state index contributed by atoms with van der Waals surface area (Å²) in [6, 6.07) is 10.1. The minimum absolute atomic E-state index is 0.0489. The van der Waals surface area contributed by atoms with Crippen molar-refractivity contribution in [2.45, 2.75) is 25.7 Å². The number of hydrogen-bond acceptors (Lipinski definition) is 3. The molecule has 0 aliphatic rings. The molecule has 2 N–H and O–H groups in total. The summed E-state index contributed by atoms with van der Waals surface area (Å²) < 4.78 is 13.8. The first-order valence-corrected chi connectivity index (χ1v) is 8.41. The van der Waals surface area contributed by atoms with Crippen molar-refractivity contribution in [1.82, 2.24) is 0 Å². The normalized spacial score (nSPS) is 10.3. The van der Waals surface area contributed by atoms with Crippen LogP contribution in [0.15, 0.2) is 41.3 Å². The Bertz CT molecular complexity index is 778. The van der Waals surface area contributed by atoms with Gasteiger partial charge in [0, 0.05) is 17.5 Å². The van der Waals surface area contributed by atoms with Crippen molar-refractivity contribution in [2.75, 3.05) is 16.4 Å². The van der Waals surface area contributed by atoms with Gasteiger partial charge in [-0.2, -0.15) is 0 Å². The predicted molar refractivity (Wildman–Crippen MR) is 96.0 cm³/mol. The molecule has 0 heterocycles. The van der Waals surface area contributed by atoms with Crippen LogP contribution in [0.25, 0.3) is 0 Å². The first-order chi connectivity index (χ1) is 11.3. The number of carbonyl (C=O) groups is 2. The largest absolute Gasteiger partial charge is 0.326 e. The molecule has 6 heteroatoms. The van der Waals surface area contributed by atoms with Crippen LogP contribution >= 0.6 is 11.8 Å². The first-order valence-electron chi connectivity index (χ1n) is 7.42. The summed E-state index contributed by atoms with van der Waals surface area (Å²) in [5.74, 6) is -0.938. The highest BCUT2D eigenvalue weighted by Crippen LogP contribution is 2.24. The van der Waals surface area contributed by atoms with E-state index in [1.54, 1.807) is 0 Å². The Labute approximate surface area is 144 Å². The topological polar surface area (TPSA) is 58.2 Å². The minimum atomic E-state index is -0.547. The zero-order valence-electron chi connectivity index (χ0n) is 13.8. The molecule has 0 radical (unpaired) electrons. The minimum Gasteiger partial charge on any atom is -0.326 e. The third kappa shape index (κ3) is 5.09. The number of amides is 2. The lowest BCUT2D eigenvalue weighted by Crippen LogP contribution is -2.15. The van der Waals surface area contributed by atoms with E-state index in [1.165, 1.54) is 36.9 Å². The molecule has 0 saturated heterocycles. The van der Waals surface area contributed by atoms with Crippen LogP contribution in [0.2, 0.25) is 0 Å². The quantitative estimate of drug-likeness (QED) is 0.800. The molecule has 0 saturated carbocycles. The smallest absolute Gasteiger partial charge is 0.234 e. The highest BCUT2D eigenvalue weighted by Gasteiger charge is 2.10. The Kier molecular flexibility index (Phi) is 5.98. The monoisotopic (exact) mass is 346 g/mol. The third-order valence-electron chi connectivity index (χ3n) is 3.26. The molecule has 0 atom stereocenters. The second-order valence-corrected chi connectivity index (χ2v) is 6.50. The van der Waals surface area contributed by atoms with E-state index in [2.05, 4.69) is 10.6 Å². The van der Waals surface area contributed by atoms with Gasteiger partial charge in [-0.05, 0) is 43.7 Å². The van der Waals surface area contributed by atoms with Gasteiger partial charge >= 0.3 is 0 Å². The van der Waals surface area contributed by atoms with Crippen LogP contribution in [0.4, 0.5) is 15.8 Å². The van der Waals surface area contributed by atoms with Gasteiger partial charge in [-0.15, -0.1) is 11.8 Å². The van der Waals surface area contributed by atoms with E-state index in [0.717, 1.165) is 16.0 Å². The summed E-state index contributed by atoms with van der Waals surface area (Å²) in [4.78, 5) is 24.2. The number of aryl methyl sites for hydroxylation is 2. The molecule has 0 unspecified atom stereocenters. The van der Waals surface area contributed by atoms with E-state index in [1.807, 2.05) is 32.0 Å². The Morgan fingerprint density at radius 1 is 1.08 bits per heavy atom. The second-order valence-electron chi connectivity index (χ2n) is 5.48. The molecule has 2 aromatic carbocycles. The molecule has 4 nitrogen and oxygen atoms in total. The molecule has 126 valence electrons. The van der Waals surface area contributed by atoms with Gasteiger partial charge in [0.15, 0.2) is 0 Å². The highest BCUT2D eigenvalue weighted by molar-refractivity contribution is 8.00. The van der Waals surface area contributed by atoms with Crippen LogP contribution < -0.4 is 10.6 Å². The zero-order valence-corrected chi connectivity index (χ0v) is 14.6. The fraction of sp³-hybridized carbons (Fsp3) is 0.222. The summed E-state index contributed by atoms with van der Waals surface area (Å²) in [6.07, 6.45) is 0. The maximum Gasteiger partial charge on any atom is 0.234 e. The van der Waals surface area contributed by atoms with E-state index in [4.69, 9.17) is 0 Å². The Morgan fingerprint density at radius 2 is 1.83 bits per heavy atom. The molecule has 0 fully saturated rings. The van der Waals surface area contributed by atoms with Crippen molar-refractivity contribution < 1.29 is 14.0 Å². The van der Waals surface area contributed by atoms with Crippen molar-refractivity contribution in [3.05, 3.63) is 53.3 Å². The number of hydrogen-bond donors (Lipinski definition) is 2. The van der Waals surface area contributed by atoms with E-state index in [0.29, 0.717) is 5.69 Å². The van der Waals surface area contributed by atoms with Crippen molar-refractivity contribution >= 4 is 35.0 Å². The molecule has 0 aliphatic carbocycles. The lowest BCUT2D eigenvalue weighted by atomic mass is 10.2. The summed E-state index contributed by atoms with van der Waals surface area (Å²) >= 11 is 1.41. The Balaban J connectivity index is 2.01. The van der Waals surface area contributed by atoms with E-state index < -0.39 is 5.82 Å². The lowest BCUT2D eigenvalue weighted by molar-refractivity contribution is -0.114. The first kappa shape index (κ1) is 18.0. The van der Waals surface area contributed by atoms with Crippen molar-refractivity contribution in [3.63, 3.8) is 0 Å². The molecule has 0 aromatic heterocycles. The molecule has 2 aromatic rings. The summed E-state index contributed by atoms with van der Waals surface area (Å²) in [5.41, 5.74) is 2.70. The van der Waals surface area contributed by atoms with Crippen molar-refractivity contribution in [3.8, 4) is 0 Å². The molecule has 0 aliphatic heterocycles. The SMILES string of the molecule is CC(=O)Nc1ccc(F)c(NC(=O)CSc2cc(C)ccc2C)c1. The van der Waals surface area contributed by atoms with E-state index >= 15 is 0 Å². The van der Waals surface area contributed by atoms with Gasteiger partial charge in [-0.25, -0.2) is 4.39 Å². The molecule has 2 rings (SSSR count). The predicted octanol–water partition coefficient (Wildman–Crippen LogP) is 4.13. The fourth-order valence-electron chi connectivity index (χ4n) is 2.09. The van der Waals surface area contributed by atoms with Gasteiger partial charge in [-0.3, -0.25) is 9.59 Å². The van der Waals surface area contributed by atoms with Crippen LogP contribution in [-0.2, 0) is 9.59 Å². The van der Waals surface area contributed by atoms with Crippen molar-refractivity contribution in [1.29, 1.82) is 0 Å². The van der Waals surface area contributed by atoms with Crippen LogP contribution in [0.1, 0.15) is 18.1 Å². The lowest BCUT2D eigenvalue weighted by Gasteiger charge is -2.10. The fourth-order valence-corrected chi connectivity index (χ4v) is 3.02. The second kappa shape index (κ2) is 7.97. The maximum atomic E-state index is 13.8. The Morgan fingerprint density at radius 3 is 2.54 bits per heavy atom. The van der Waals surface area contributed by atoms with Crippen LogP contribution in [0, 0.1) is 19.7 Å². The number of nitrogens with one attached hydrogen (secondary N) is 2. The van der Waals surface area contributed by atoms with E-state index in [9.17, 15) is 14.0 Å². The molecule has 2 amide bonds. The number of halogens is 1. The summed E-state index contributed by atoms with van der Waals surface area (Å²) in [7, 11) is 0. The molecular weight excluding hydrogens is 327 g/mol.